The number of amides is 1. The van der Waals surface area contributed by atoms with Crippen molar-refractivity contribution >= 4 is 24.3 Å². The molecule has 140 valence electrons. The molecule has 26 heavy (non-hydrogen) atoms. The number of nitrogens with zero attached hydrogens (tertiary/aromatic N) is 2. The van der Waals surface area contributed by atoms with Crippen LogP contribution in [-0.4, -0.2) is 46.7 Å². The second-order valence-electron chi connectivity index (χ2n) is 5.91. The van der Waals surface area contributed by atoms with Gasteiger partial charge in [-0.25, -0.2) is 0 Å². The topological polar surface area (TPSA) is 87.3 Å². The largest absolute Gasteiger partial charge is 0.465 e. The lowest BCUT2D eigenvalue weighted by Crippen LogP contribution is -2.37. The van der Waals surface area contributed by atoms with Crippen molar-refractivity contribution in [3.05, 3.63) is 52.8 Å². The molecule has 2 heterocycles. The monoisotopic (exact) mass is 378 g/mol. The van der Waals surface area contributed by atoms with Crippen molar-refractivity contribution in [1.29, 1.82) is 0 Å². The fraction of sp³-hybridized carbons (Fsp3) is 0.389. The van der Waals surface area contributed by atoms with Gasteiger partial charge in [0.25, 0.3) is 5.91 Å². The number of benzene rings is 1. The standard InChI is InChI=1S/C18H22N4O3.ClH/c1-2-25-16(23)12-22(11-13-6-4-3-5-7-13)18(24)17-14-10-19-9-8-15(14)20-21-17;/h3-7,19H,2,8-12H2,1H3,(H,20,21);1H. The fourth-order valence-electron chi connectivity index (χ4n) is 2.92. The number of esters is 1. The van der Waals surface area contributed by atoms with Crippen LogP contribution < -0.4 is 5.32 Å². The second kappa shape index (κ2) is 9.35. The Hall–Kier alpha value is -2.38. The predicted molar refractivity (Wildman–Crippen MR) is 99.1 cm³/mol. The van der Waals surface area contributed by atoms with Crippen LogP contribution in [0.15, 0.2) is 30.3 Å². The number of fused-ring (bicyclic) bond motifs is 1. The van der Waals surface area contributed by atoms with Gasteiger partial charge in [-0.05, 0) is 12.5 Å². The summed E-state index contributed by atoms with van der Waals surface area (Å²) in [6, 6.07) is 9.57. The Labute approximate surface area is 158 Å². The quantitative estimate of drug-likeness (QED) is 0.747. The van der Waals surface area contributed by atoms with Crippen molar-refractivity contribution in [1.82, 2.24) is 20.4 Å². The van der Waals surface area contributed by atoms with Crippen molar-refractivity contribution in [2.45, 2.75) is 26.4 Å². The van der Waals surface area contributed by atoms with Gasteiger partial charge in [0, 0.05) is 37.3 Å². The normalized spacial score (nSPS) is 12.7. The number of hydrogen-bond acceptors (Lipinski definition) is 5. The van der Waals surface area contributed by atoms with E-state index in [-0.39, 0.29) is 31.5 Å². The second-order valence-corrected chi connectivity index (χ2v) is 5.91. The van der Waals surface area contributed by atoms with Gasteiger partial charge in [0.1, 0.15) is 6.54 Å². The highest BCUT2D eigenvalue weighted by atomic mass is 35.5. The third-order valence-electron chi connectivity index (χ3n) is 4.14. The number of carbonyl (C=O) groups excluding carboxylic acids is 2. The average Bonchev–Trinajstić information content (AvgIpc) is 3.06. The van der Waals surface area contributed by atoms with Crippen LogP contribution in [0.25, 0.3) is 0 Å². The molecule has 0 atom stereocenters. The SMILES string of the molecule is CCOC(=O)CN(Cc1ccccc1)C(=O)c1n[nH]c2c1CNCC2.Cl. The summed E-state index contributed by atoms with van der Waals surface area (Å²) < 4.78 is 5.02. The molecule has 1 aliphatic rings. The van der Waals surface area contributed by atoms with E-state index < -0.39 is 5.97 Å². The zero-order chi connectivity index (χ0) is 17.6. The van der Waals surface area contributed by atoms with Crippen LogP contribution in [0, 0.1) is 0 Å². The minimum absolute atomic E-state index is 0. The molecule has 2 aromatic rings. The van der Waals surface area contributed by atoms with E-state index in [0.717, 1.165) is 29.8 Å². The zero-order valence-electron chi connectivity index (χ0n) is 14.7. The molecule has 0 bridgehead atoms. The predicted octanol–water partition coefficient (Wildman–Crippen LogP) is 1.68. The molecule has 0 spiro atoms. The number of halogens is 1. The lowest BCUT2D eigenvalue weighted by molar-refractivity contribution is -0.143. The molecular formula is C18H23ClN4O3. The first-order valence-electron chi connectivity index (χ1n) is 8.44. The first kappa shape index (κ1) is 19.9. The molecule has 0 unspecified atom stereocenters. The van der Waals surface area contributed by atoms with Crippen LogP contribution in [0.5, 0.6) is 0 Å². The molecule has 7 nitrogen and oxygen atoms in total. The van der Waals surface area contributed by atoms with E-state index in [1.165, 1.54) is 4.90 Å². The maximum Gasteiger partial charge on any atom is 0.325 e. The van der Waals surface area contributed by atoms with Crippen LogP contribution >= 0.6 is 12.4 Å². The van der Waals surface area contributed by atoms with E-state index in [0.29, 0.717) is 18.8 Å². The molecule has 3 rings (SSSR count). The number of aromatic nitrogens is 2. The highest BCUT2D eigenvalue weighted by Crippen LogP contribution is 2.18. The Kier molecular flexibility index (Phi) is 7.17. The van der Waals surface area contributed by atoms with Gasteiger partial charge in [-0.3, -0.25) is 14.7 Å². The van der Waals surface area contributed by atoms with Gasteiger partial charge in [0.15, 0.2) is 5.69 Å². The van der Waals surface area contributed by atoms with Gasteiger partial charge in [-0.2, -0.15) is 5.10 Å². The van der Waals surface area contributed by atoms with Gasteiger partial charge in [-0.1, -0.05) is 30.3 Å². The third kappa shape index (κ3) is 4.62. The highest BCUT2D eigenvalue weighted by molar-refractivity contribution is 5.95. The number of aromatic amines is 1. The number of rotatable bonds is 6. The average molecular weight is 379 g/mol. The van der Waals surface area contributed by atoms with Crippen LogP contribution in [0.2, 0.25) is 0 Å². The smallest absolute Gasteiger partial charge is 0.325 e. The Bertz CT molecular complexity index is 748. The van der Waals surface area contributed by atoms with Crippen molar-refractivity contribution < 1.29 is 14.3 Å². The lowest BCUT2D eigenvalue weighted by atomic mass is 10.1. The van der Waals surface area contributed by atoms with E-state index >= 15 is 0 Å². The number of H-pyrrole nitrogens is 1. The molecule has 0 radical (unpaired) electrons. The molecule has 2 N–H and O–H groups in total. The number of ether oxygens (including phenoxy) is 1. The Balaban J connectivity index is 0.00000243. The third-order valence-corrected chi connectivity index (χ3v) is 4.14. The molecular weight excluding hydrogens is 356 g/mol. The van der Waals surface area contributed by atoms with Gasteiger partial charge in [-0.15, -0.1) is 12.4 Å². The Morgan fingerprint density at radius 1 is 1.27 bits per heavy atom. The molecule has 1 amide bonds. The van der Waals surface area contributed by atoms with E-state index in [9.17, 15) is 9.59 Å². The number of carbonyl (C=O) groups is 2. The summed E-state index contributed by atoms with van der Waals surface area (Å²) in [6.45, 7) is 3.72. The maximum atomic E-state index is 13.0. The van der Waals surface area contributed by atoms with Crippen molar-refractivity contribution in [3.63, 3.8) is 0 Å². The molecule has 1 aromatic carbocycles. The molecule has 8 heteroatoms. The maximum absolute atomic E-state index is 13.0. The van der Waals surface area contributed by atoms with E-state index in [4.69, 9.17) is 4.74 Å². The highest BCUT2D eigenvalue weighted by Gasteiger charge is 2.27. The summed E-state index contributed by atoms with van der Waals surface area (Å²) in [5.41, 5.74) is 3.20. The number of hydrogen-bond donors (Lipinski definition) is 2. The van der Waals surface area contributed by atoms with E-state index in [2.05, 4.69) is 15.5 Å². The van der Waals surface area contributed by atoms with Gasteiger partial charge in [0.05, 0.1) is 6.61 Å². The summed E-state index contributed by atoms with van der Waals surface area (Å²) in [4.78, 5) is 26.5. The first-order chi connectivity index (χ1) is 12.2. The van der Waals surface area contributed by atoms with Crippen LogP contribution in [0.1, 0.15) is 34.2 Å². The fourth-order valence-corrected chi connectivity index (χ4v) is 2.92. The lowest BCUT2D eigenvalue weighted by Gasteiger charge is -2.22. The molecule has 0 saturated heterocycles. The molecule has 0 aliphatic carbocycles. The van der Waals surface area contributed by atoms with Gasteiger partial charge in [0.2, 0.25) is 0 Å². The van der Waals surface area contributed by atoms with E-state index in [1.54, 1.807) is 6.92 Å². The summed E-state index contributed by atoms with van der Waals surface area (Å²) in [7, 11) is 0. The summed E-state index contributed by atoms with van der Waals surface area (Å²) >= 11 is 0. The molecule has 1 aromatic heterocycles. The molecule has 0 saturated carbocycles. The van der Waals surface area contributed by atoms with Crippen molar-refractivity contribution in [2.24, 2.45) is 0 Å². The minimum atomic E-state index is -0.422. The van der Waals surface area contributed by atoms with Gasteiger partial charge >= 0.3 is 5.97 Å². The summed E-state index contributed by atoms with van der Waals surface area (Å²) in [5.74, 6) is -0.688. The minimum Gasteiger partial charge on any atom is -0.465 e. The Morgan fingerprint density at radius 2 is 2.04 bits per heavy atom. The molecule has 1 aliphatic heterocycles. The summed E-state index contributed by atoms with van der Waals surface area (Å²) in [5, 5.41) is 10.4. The molecule has 0 fully saturated rings. The van der Waals surface area contributed by atoms with E-state index in [1.807, 2.05) is 30.3 Å². The van der Waals surface area contributed by atoms with Crippen LogP contribution in [-0.2, 0) is 29.0 Å². The Morgan fingerprint density at radius 3 is 2.77 bits per heavy atom. The zero-order valence-corrected chi connectivity index (χ0v) is 15.5. The van der Waals surface area contributed by atoms with Crippen molar-refractivity contribution in [3.8, 4) is 0 Å². The van der Waals surface area contributed by atoms with Gasteiger partial charge < -0.3 is 15.0 Å². The first-order valence-corrected chi connectivity index (χ1v) is 8.44. The van der Waals surface area contributed by atoms with Crippen molar-refractivity contribution in [2.75, 3.05) is 19.7 Å². The summed E-state index contributed by atoms with van der Waals surface area (Å²) in [6.07, 6.45) is 0.812. The number of nitrogens with one attached hydrogen (secondary N) is 2. The van der Waals surface area contributed by atoms with Crippen LogP contribution in [0.4, 0.5) is 0 Å². The van der Waals surface area contributed by atoms with Crippen LogP contribution in [0.3, 0.4) is 0 Å².